The first-order chi connectivity index (χ1) is 17.8. The Morgan fingerprint density at radius 1 is 0.590 bits per heavy atom. The van der Waals surface area contributed by atoms with Crippen molar-refractivity contribution in [2.24, 2.45) is 10.3 Å². The molecule has 5 N–H and O–H groups in total. The lowest BCUT2D eigenvalue weighted by atomic mass is 9.88. The predicted octanol–water partition coefficient (Wildman–Crippen LogP) is 5.21. The molecule has 7 nitrogen and oxygen atoms in total. The van der Waals surface area contributed by atoms with E-state index < -0.39 is 92.1 Å². The first-order valence-electron chi connectivity index (χ1n) is 10.5. The van der Waals surface area contributed by atoms with Crippen molar-refractivity contribution in [3.63, 3.8) is 0 Å². The number of hydrogen-bond donors (Lipinski definition) is 3. The number of phenols is 1. The Balaban J connectivity index is 2.49. The van der Waals surface area contributed by atoms with Gasteiger partial charge in [-0.05, 0) is 46.8 Å². The van der Waals surface area contributed by atoms with Gasteiger partial charge in [0.1, 0.15) is 5.75 Å². The van der Waals surface area contributed by atoms with E-state index in [9.17, 15) is 48.3 Å². The number of sulfonamides is 2. The van der Waals surface area contributed by atoms with Crippen molar-refractivity contribution in [1.82, 2.24) is 0 Å². The van der Waals surface area contributed by atoms with Crippen molar-refractivity contribution in [3.8, 4) is 28.0 Å². The summed E-state index contributed by atoms with van der Waals surface area (Å²) in [6.45, 7) is 0. The van der Waals surface area contributed by atoms with Crippen LogP contribution >= 0.6 is 0 Å². The van der Waals surface area contributed by atoms with Crippen molar-refractivity contribution in [3.05, 3.63) is 77.9 Å². The second-order valence-electron chi connectivity index (χ2n) is 8.31. The van der Waals surface area contributed by atoms with Gasteiger partial charge in [-0.25, -0.2) is 27.1 Å². The summed E-state index contributed by atoms with van der Waals surface area (Å²) in [7, 11) is -10.4. The largest absolute Gasteiger partial charge is 0.508 e. The van der Waals surface area contributed by atoms with Crippen LogP contribution in [0.3, 0.4) is 0 Å². The third kappa shape index (κ3) is 5.17. The number of fused-ring (bicyclic) bond motifs is 1. The fraction of sp³-hybridized carbons (Fsp3) is 0.0833. The predicted molar refractivity (Wildman–Crippen MR) is 129 cm³/mol. The molecule has 0 aliphatic carbocycles. The molecule has 0 saturated carbocycles. The van der Waals surface area contributed by atoms with Crippen molar-refractivity contribution in [2.75, 3.05) is 0 Å². The number of benzene rings is 4. The molecule has 206 valence electrons. The summed E-state index contributed by atoms with van der Waals surface area (Å²) in [5, 5.41) is 19.7. The van der Waals surface area contributed by atoms with Gasteiger partial charge < -0.3 is 5.11 Å². The Morgan fingerprint density at radius 2 is 1.03 bits per heavy atom. The zero-order chi connectivity index (χ0) is 29.1. The lowest BCUT2D eigenvalue weighted by Crippen LogP contribution is -2.22. The van der Waals surface area contributed by atoms with E-state index in [1.165, 1.54) is 0 Å². The van der Waals surface area contributed by atoms with Gasteiger partial charge in [-0.15, -0.1) is 0 Å². The van der Waals surface area contributed by atoms with Crippen molar-refractivity contribution >= 4 is 30.8 Å². The van der Waals surface area contributed by atoms with E-state index in [1.807, 2.05) is 0 Å². The fourth-order valence-corrected chi connectivity index (χ4v) is 6.45. The van der Waals surface area contributed by atoms with Crippen LogP contribution in [-0.2, 0) is 32.4 Å². The number of halogens is 6. The highest BCUT2D eigenvalue weighted by atomic mass is 32.2. The number of nitrogens with two attached hydrogens (primary N) is 2. The zero-order valence-corrected chi connectivity index (χ0v) is 20.8. The minimum atomic E-state index is -5.29. The second kappa shape index (κ2) is 9.22. The van der Waals surface area contributed by atoms with Gasteiger partial charge in [0.25, 0.3) is 0 Å². The Labute approximate surface area is 217 Å². The van der Waals surface area contributed by atoms with Crippen LogP contribution in [0.4, 0.5) is 26.3 Å². The number of primary sulfonamides is 2. The average Bonchev–Trinajstić information content (AvgIpc) is 2.80. The van der Waals surface area contributed by atoms with Gasteiger partial charge in [0.05, 0.1) is 20.9 Å². The highest BCUT2D eigenvalue weighted by Gasteiger charge is 2.40. The molecule has 0 atom stereocenters. The van der Waals surface area contributed by atoms with Crippen molar-refractivity contribution in [2.45, 2.75) is 22.1 Å². The fourth-order valence-electron chi connectivity index (χ4n) is 4.41. The van der Waals surface area contributed by atoms with Crippen molar-refractivity contribution < 1.29 is 48.3 Å². The maximum absolute atomic E-state index is 14.1. The molecule has 0 unspecified atom stereocenters. The third-order valence-electron chi connectivity index (χ3n) is 5.77. The molecular formula is C24H16F6N2O5S2. The molecule has 0 bridgehead atoms. The molecule has 4 aromatic rings. The van der Waals surface area contributed by atoms with Crippen LogP contribution in [0.2, 0.25) is 0 Å². The number of alkyl halides is 6. The van der Waals surface area contributed by atoms with Crippen LogP contribution in [0.5, 0.6) is 5.75 Å². The second-order valence-corrected chi connectivity index (χ2v) is 11.3. The van der Waals surface area contributed by atoms with Gasteiger partial charge in [-0.2, -0.15) is 26.3 Å². The molecule has 0 aromatic heterocycles. The first kappa shape index (κ1) is 28.4. The molecule has 0 heterocycles. The van der Waals surface area contributed by atoms with Crippen LogP contribution in [0.15, 0.2) is 76.5 Å². The molecule has 0 fully saturated rings. The van der Waals surface area contributed by atoms with Gasteiger partial charge in [0, 0.05) is 16.5 Å². The van der Waals surface area contributed by atoms with Crippen LogP contribution in [0, 0.1) is 0 Å². The minimum absolute atomic E-state index is 0.495. The van der Waals surface area contributed by atoms with E-state index in [4.69, 9.17) is 10.3 Å². The van der Waals surface area contributed by atoms with E-state index >= 15 is 0 Å². The lowest BCUT2D eigenvalue weighted by Gasteiger charge is -2.24. The molecule has 0 saturated heterocycles. The van der Waals surface area contributed by atoms with Crippen LogP contribution in [0.25, 0.3) is 33.0 Å². The lowest BCUT2D eigenvalue weighted by molar-refractivity contribution is -0.137. The van der Waals surface area contributed by atoms with E-state index in [-0.39, 0.29) is 0 Å². The van der Waals surface area contributed by atoms with E-state index in [0.29, 0.717) is 12.1 Å². The molecular weight excluding hydrogens is 574 g/mol. The van der Waals surface area contributed by atoms with Gasteiger partial charge in [0.2, 0.25) is 20.0 Å². The molecule has 0 radical (unpaired) electrons. The highest BCUT2D eigenvalue weighted by molar-refractivity contribution is 7.90. The highest BCUT2D eigenvalue weighted by Crippen LogP contribution is 2.50. The Bertz CT molecular complexity index is 1850. The smallest absolute Gasteiger partial charge is 0.417 e. The van der Waals surface area contributed by atoms with Crippen LogP contribution in [-0.4, -0.2) is 21.9 Å². The monoisotopic (exact) mass is 590 g/mol. The quantitative estimate of drug-likeness (QED) is 0.280. The normalized spacial score (nSPS) is 13.1. The molecule has 0 aliphatic rings. The van der Waals surface area contributed by atoms with Gasteiger partial charge >= 0.3 is 12.4 Å². The summed E-state index contributed by atoms with van der Waals surface area (Å²) in [5.74, 6) is -0.638. The molecule has 0 spiro atoms. The Kier molecular flexibility index (Phi) is 6.70. The summed E-state index contributed by atoms with van der Waals surface area (Å²) < 4.78 is 136. The first-order valence-corrected chi connectivity index (χ1v) is 13.6. The number of phenolic OH excluding ortho intramolecular Hbond substituents is 1. The Hall–Kier alpha value is -3.66. The topological polar surface area (TPSA) is 141 Å². The van der Waals surface area contributed by atoms with Gasteiger partial charge in [0.15, 0.2) is 0 Å². The Morgan fingerprint density at radius 3 is 1.46 bits per heavy atom. The van der Waals surface area contributed by atoms with Gasteiger partial charge in [-0.3, -0.25) is 0 Å². The van der Waals surface area contributed by atoms with E-state index in [0.717, 1.165) is 54.6 Å². The van der Waals surface area contributed by atoms with E-state index in [2.05, 4.69) is 0 Å². The maximum atomic E-state index is 14.1. The molecule has 4 rings (SSSR count). The molecule has 39 heavy (non-hydrogen) atoms. The molecule has 0 amide bonds. The summed E-state index contributed by atoms with van der Waals surface area (Å²) >= 11 is 0. The van der Waals surface area contributed by atoms with Gasteiger partial charge in [-0.1, -0.05) is 36.4 Å². The molecule has 4 aromatic carbocycles. The third-order valence-corrected chi connectivity index (χ3v) is 7.74. The maximum Gasteiger partial charge on any atom is 0.417 e. The summed E-state index contributed by atoms with van der Waals surface area (Å²) in [5.41, 5.74) is -6.79. The summed E-state index contributed by atoms with van der Waals surface area (Å²) in [6, 6.07) is 9.35. The average molecular weight is 591 g/mol. The molecule has 0 aliphatic heterocycles. The zero-order valence-electron chi connectivity index (χ0n) is 19.2. The number of hydrogen-bond acceptors (Lipinski definition) is 5. The minimum Gasteiger partial charge on any atom is -0.508 e. The molecule has 15 heteroatoms. The van der Waals surface area contributed by atoms with Crippen LogP contribution < -0.4 is 10.3 Å². The SMILES string of the molecule is NS(=O)(=O)c1c(-c2ccccc2C(F)(F)F)c(S(N)(=O)=O)c2cc(O)ccc2c1-c1ccccc1C(F)(F)F. The standard InChI is InChI=1S/C24H16F6N2O5S2/c25-23(26,27)17-7-3-1-5-14(17)19-13-10-9-12(33)11-16(13)21(38(31,34)35)20(22(19)39(32,36)37)15-6-2-4-8-18(15)24(28,29)30/h1-11,33H,(H2,31,34,35)(H2,32,36,37). The van der Waals surface area contributed by atoms with Crippen LogP contribution in [0.1, 0.15) is 11.1 Å². The number of rotatable bonds is 4. The van der Waals surface area contributed by atoms with Crippen molar-refractivity contribution in [1.29, 1.82) is 0 Å². The number of aromatic hydroxyl groups is 1. The summed E-state index contributed by atoms with van der Waals surface area (Å²) in [6.07, 6.45) is -10.3. The summed E-state index contributed by atoms with van der Waals surface area (Å²) in [4.78, 5) is -2.53. The van der Waals surface area contributed by atoms with E-state index in [1.54, 1.807) is 0 Å².